The fourth-order valence-corrected chi connectivity index (χ4v) is 4.47. The Morgan fingerprint density at radius 1 is 1.20 bits per heavy atom. The SMILES string of the molecule is C[C@H](NC(=O)N1CCc2c([nH]c3ccccc23)[C@@H]1Cc1cnc[nH]1)c1ccccc1. The molecule has 0 saturated heterocycles. The maximum absolute atomic E-state index is 13.3. The van der Waals surface area contributed by atoms with Crippen LogP contribution >= 0.6 is 0 Å². The van der Waals surface area contributed by atoms with Crippen LogP contribution in [0.2, 0.25) is 0 Å². The van der Waals surface area contributed by atoms with Crippen molar-refractivity contribution in [3.8, 4) is 0 Å². The maximum Gasteiger partial charge on any atom is 0.318 e. The fourth-order valence-electron chi connectivity index (χ4n) is 4.47. The lowest BCUT2D eigenvalue weighted by atomic mass is 9.94. The molecule has 0 spiro atoms. The third kappa shape index (κ3) is 3.34. The number of para-hydroxylation sites is 1. The summed E-state index contributed by atoms with van der Waals surface area (Å²) in [4.78, 5) is 26.2. The summed E-state index contributed by atoms with van der Waals surface area (Å²) in [6.07, 6.45) is 5.05. The number of aromatic nitrogens is 3. The second kappa shape index (κ2) is 7.71. The van der Waals surface area contributed by atoms with Crippen molar-refractivity contribution in [2.75, 3.05) is 6.54 Å². The van der Waals surface area contributed by atoms with Crippen molar-refractivity contribution < 1.29 is 4.79 Å². The molecule has 152 valence electrons. The molecule has 30 heavy (non-hydrogen) atoms. The molecule has 0 saturated carbocycles. The van der Waals surface area contributed by atoms with Gasteiger partial charge in [0.25, 0.3) is 0 Å². The molecule has 1 aliphatic heterocycles. The second-order valence-electron chi connectivity index (χ2n) is 7.88. The predicted octanol–water partition coefficient (Wildman–Crippen LogP) is 4.50. The van der Waals surface area contributed by atoms with E-state index in [1.165, 1.54) is 10.9 Å². The summed E-state index contributed by atoms with van der Waals surface area (Å²) in [6.45, 7) is 2.70. The van der Waals surface area contributed by atoms with Crippen LogP contribution in [0, 0.1) is 0 Å². The van der Waals surface area contributed by atoms with Crippen molar-refractivity contribution in [2.24, 2.45) is 0 Å². The molecule has 3 N–H and O–H groups in total. The molecular weight excluding hydrogens is 374 g/mol. The first kappa shape index (κ1) is 18.5. The van der Waals surface area contributed by atoms with Gasteiger partial charge in [0.15, 0.2) is 0 Å². The van der Waals surface area contributed by atoms with E-state index in [0.717, 1.165) is 28.9 Å². The van der Waals surface area contributed by atoms with Gasteiger partial charge in [-0.25, -0.2) is 9.78 Å². The summed E-state index contributed by atoms with van der Waals surface area (Å²) in [5.41, 5.74) is 5.67. The van der Waals surface area contributed by atoms with Gasteiger partial charge in [0, 0.05) is 41.5 Å². The Bertz CT molecular complexity index is 1150. The van der Waals surface area contributed by atoms with E-state index in [0.29, 0.717) is 13.0 Å². The molecule has 6 nitrogen and oxygen atoms in total. The number of urea groups is 1. The van der Waals surface area contributed by atoms with Crippen LogP contribution in [-0.4, -0.2) is 32.4 Å². The highest BCUT2D eigenvalue weighted by molar-refractivity contribution is 5.86. The van der Waals surface area contributed by atoms with Gasteiger partial charge in [-0.05, 0) is 30.5 Å². The third-order valence-electron chi connectivity index (χ3n) is 6.03. The number of fused-ring (bicyclic) bond motifs is 3. The molecule has 0 radical (unpaired) electrons. The van der Waals surface area contributed by atoms with E-state index in [-0.39, 0.29) is 18.1 Å². The number of hydrogen-bond acceptors (Lipinski definition) is 2. The average molecular weight is 399 g/mol. The van der Waals surface area contributed by atoms with Gasteiger partial charge in [-0.3, -0.25) is 0 Å². The second-order valence-corrected chi connectivity index (χ2v) is 7.88. The average Bonchev–Trinajstić information content (AvgIpc) is 3.42. The monoisotopic (exact) mass is 399 g/mol. The molecular formula is C24H25N5O. The zero-order valence-electron chi connectivity index (χ0n) is 16.9. The summed E-state index contributed by atoms with van der Waals surface area (Å²) in [5, 5.41) is 4.44. The lowest BCUT2D eigenvalue weighted by molar-refractivity contribution is 0.164. The van der Waals surface area contributed by atoms with Crippen LogP contribution in [0.1, 0.15) is 41.5 Å². The normalized spacial score (nSPS) is 17.0. The Labute approximate surface area is 175 Å². The largest absolute Gasteiger partial charge is 0.356 e. The highest BCUT2D eigenvalue weighted by atomic mass is 16.2. The first-order valence-corrected chi connectivity index (χ1v) is 10.4. The molecule has 0 fully saturated rings. The molecule has 2 aromatic heterocycles. The number of nitrogens with one attached hydrogen (secondary N) is 3. The van der Waals surface area contributed by atoms with Gasteiger partial charge in [-0.2, -0.15) is 0 Å². The lowest BCUT2D eigenvalue weighted by Gasteiger charge is -2.36. The summed E-state index contributed by atoms with van der Waals surface area (Å²) >= 11 is 0. The highest BCUT2D eigenvalue weighted by Gasteiger charge is 2.34. The van der Waals surface area contributed by atoms with Crippen LogP contribution in [0.5, 0.6) is 0 Å². The number of nitrogens with zero attached hydrogens (tertiary/aromatic N) is 2. The van der Waals surface area contributed by atoms with Crippen LogP contribution in [-0.2, 0) is 12.8 Å². The predicted molar refractivity (Wildman–Crippen MR) is 117 cm³/mol. The molecule has 5 rings (SSSR count). The summed E-state index contributed by atoms with van der Waals surface area (Å²) in [5.74, 6) is 0. The minimum atomic E-state index is -0.0791. The van der Waals surface area contributed by atoms with Crippen molar-refractivity contribution in [3.63, 3.8) is 0 Å². The third-order valence-corrected chi connectivity index (χ3v) is 6.03. The number of rotatable bonds is 4. The van der Waals surface area contributed by atoms with E-state index in [2.05, 4.69) is 38.5 Å². The zero-order chi connectivity index (χ0) is 20.5. The Hall–Kier alpha value is -3.54. The van der Waals surface area contributed by atoms with E-state index >= 15 is 0 Å². The van der Waals surface area contributed by atoms with Crippen LogP contribution in [0.3, 0.4) is 0 Å². The Morgan fingerprint density at radius 3 is 2.80 bits per heavy atom. The van der Waals surface area contributed by atoms with Crippen molar-refractivity contribution in [1.82, 2.24) is 25.2 Å². The van der Waals surface area contributed by atoms with Gasteiger partial charge in [-0.15, -0.1) is 0 Å². The Morgan fingerprint density at radius 2 is 2.00 bits per heavy atom. The standard InChI is InChI=1S/C24H25N5O/c1-16(17-7-3-2-4-8-17)27-24(30)29-12-11-20-19-9-5-6-10-21(19)28-23(20)22(29)13-18-14-25-15-26-18/h2-10,14-16,22,28H,11-13H2,1H3,(H,25,26)(H,27,30)/t16-,22-/m0/s1. The summed E-state index contributed by atoms with van der Waals surface area (Å²) in [6, 6.07) is 18.3. The number of amides is 2. The van der Waals surface area contributed by atoms with Crippen molar-refractivity contribution >= 4 is 16.9 Å². The van der Waals surface area contributed by atoms with Gasteiger partial charge in [0.1, 0.15) is 0 Å². The first-order valence-electron chi connectivity index (χ1n) is 10.4. The summed E-state index contributed by atoms with van der Waals surface area (Å²) in [7, 11) is 0. The molecule has 2 amide bonds. The Kier molecular flexibility index (Phi) is 4.75. The number of carbonyl (C=O) groups excluding carboxylic acids is 1. The minimum Gasteiger partial charge on any atom is -0.356 e. The minimum absolute atomic E-state index is 0.0415. The van der Waals surface area contributed by atoms with Crippen molar-refractivity contribution in [2.45, 2.75) is 31.8 Å². The van der Waals surface area contributed by atoms with Crippen LogP contribution in [0.15, 0.2) is 67.1 Å². The van der Waals surface area contributed by atoms with E-state index < -0.39 is 0 Å². The van der Waals surface area contributed by atoms with Crippen LogP contribution < -0.4 is 5.32 Å². The molecule has 0 aliphatic carbocycles. The Balaban J connectivity index is 1.46. The van der Waals surface area contributed by atoms with Crippen LogP contribution in [0.25, 0.3) is 10.9 Å². The number of imidazole rings is 1. The zero-order valence-corrected chi connectivity index (χ0v) is 16.9. The quantitative estimate of drug-likeness (QED) is 0.472. The molecule has 0 bridgehead atoms. The van der Waals surface area contributed by atoms with E-state index in [1.54, 1.807) is 6.33 Å². The van der Waals surface area contributed by atoms with Gasteiger partial charge in [0.2, 0.25) is 0 Å². The lowest BCUT2D eigenvalue weighted by Crippen LogP contribution is -2.47. The van der Waals surface area contributed by atoms with Crippen molar-refractivity contribution in [1.29, 1.82) is 0 Å². The first-order chi connectivity index (χ1) is 14.7. The van der Waals surface area contributed by atoms with Gasteiger partial charge in [0.05, 0.1) is 18.4 Å². The van der Waals surface area contributed by atoms with Crippen molar-refractivity contribution in [3.05, 3.63) is 89.6 Å². The molecule has 6 heteroatoms. The fraction of sp³-hybridized carbons (Fsp3) is 0.250. The number of aromatic amines is 2. The maximum atomic E-state index is 13.3. The topological polar surface area (TPSA) is 76.8 Å². The van der Waals surface area contributed by atoms with E-state index in [9.17, 15) is 4.79 Å². The molecule has 4 aromatic rings. The van der Waals surface area contributed by atoms with Gasteiger partial charge >= 0.3 is 6.03 Å². The summed E-state index contributed by atoms with van der Waals surface area (Å²) < 4.78 is 0. The van der Waals surface area contributed by atoms with Gasteiger partial charge in [-0.1, -0.05) is 48.5 Å². The molecule has 2 atom stereocenters. The number of H-pyrrole nitrogens is 2. The highest BCUT2D eigenvalue weighted by Crippen LogP contribution is 2.36. The molecule has 0 unspecified atom stereocenters. The number of benzene rings is 2. The van der Waals surface area contributed by atoms with E-state index in [1.807, 2.05) is 54.4 Å². The smallest absolute Gasteiger partial charge is 0.318 e. The number of hydrogen-bond donors (Lipinski definition) is 3. The van der Waals surface area contributed by atoms with Gasteiger partial charge < -0.3 is 20.2 Å². The molecule has 2 aromatic carbocycles. The van der Waals surface area contributed by atoms with Crippen LogP contribution in [0.4, 0.5) is 4.79 Å². The van der Waals surface area contributed by atoms with E-state index in [4.69, 9.17) is 0 Å². The molecule has 3 heterocycles. The number of carbonyl (C=O) groups is 1. The molecule has 1 aliphatic rings.